The van der Waals surface area contributed by atoms with E-state index < -0.39 is 6.10 Å². The number of aryl methyl sites for hydroxylation is 1. The highest BCUT2D eigenvalue weighted by Crippen LogP contribution is 2.14. The summed E-state index contributed by atoms with van der Waals surface area (Å²) >= 11 is 0. The molecule has 2 heterocycles. The lowest BCUT2D eigenvalue weighted by Crippen LogP contribution is -2.43. The highest BCUT2D eigenvalue weighted by molar-refractivity contribution is 5.94. The SMILES string of the molecule is COC1CCCCN(CC(=O)Nc2ncn(C)n2)C1=O. The number of anilines is 1. The van der Waals surface area contributed by atoms with Gasteiger partial charge in [-0.25, -0.2) is 4.98 Å². The first-order chi connectivity index (χ1) is 9.60. The molecular weight excluding hydrogens is 262 g/mol. The van der Waals surface area contributed by atoms with Gasteiger partial charge < -0.3 is 9.64 Å². The number of hydrogen-bond acceptors (Lipinski definition) is 5. The van der Waals surface area contributed by atoms with Crippen molar-refractivity contribution in [3.05, 3.63) is 6.33 Å². The van der Waals surface area contributed by atoms with Crippen molar-refractivity contribution in [2.45, 2.75) is 25.4 Å². The van der Waals surface area contributed by atoms with E-state index in [2.05, 4.69) is 15.4 Å². The van der Waals surface area contributed by atoms with Crippen molar-refractivity contribution in [1.29, 1.82) is 0 Å². The molecule has 1 fully saturated rings. The van der Waals surface area contributed by atoms with Crippen molar-refractivity contribution >= 4 is 17.8 Å². The molecule has 2 amide bonds. The highest BCUT2D eigenvalue weighted by Gasteiger charge is 2.28. The summed E-state index contributed by atoms with van der Waals surface area (Å²) in [4.78, 5) is 29.5. The van der Waals surface area contributed by atoms with Crippen LogP contribution in [0.15, 0.2) is 6.33 Å². The van der Waals surface area contributed by atoms with Crippen molar-refractivity contribution < 1.29 is 14.3 Å². The zero-order chi connectivity index (χ0) is 14.5. The first-order valence-corrected chi connectivity index (χ1v) is 6.57. The fourth-order valence-corrected chi connectivity index (χ4v) is 2.18. The lowest BCUT2D eigenvalue weighted by Gasteiger charge is -2.22. The van der Waals surface area contributed by atoms with E-state index in [0.717, 1.165) is 12.8 Å². The summed E-state index contributed by atoms with van der Waals surface area (Å²) in [5.74, 6) is -0.196. The molecule has 1 unspecified atom stereocenters. The molecular formula is C12H19N5O3. The number of nitrogens with one attached hydrogen (secondary N) is 1. The quantitative estimate of drug-likeness (QED) is 0.824. The molecule has 1 aliphatic heterocycles. The van der Waals surface area contributed by atoms with E-state index in [-0.39, 0.29) is 24.3 Å². The molecule has 1 atom stereocenters. The third-order valence-corrected chi connectivity index (χ3v) is 3.20. The Balaban J connectivity index is 1.93. The first-order valence-electron chi connectivity index (χ1n) is 6.57. The van der Waals surface area contributed by atoms with Crippen molar-refractivity contribution in [3.8, 4) is 0 Å². The molecule has 1 aliphatic rings. The number of carbonyl (C=O) groups is 2. The van der Waals surface area contributed by atoms with Crippen molar-refractivity contribution in [2.24, 2.45) is 7.05 Å². The molecule has 0 spiro atoms. The van der Waals surface area contributed by atoms with Gasteiger partial charge >= 0.3 is 0 Å². The summed E-state index contributed by atoms with van der Waals surface area (Å²) in [5.41, 5.74) is 0. The van der Waals surface area contributed by atoms with Crippen LogP contribution in [0.1, 0.15) is 19.3 Å². The van der Waals surface area contributed by atoms with E-state index in [1.54, 1.807) is 7.05 Å². The zero-order valence-corrected chi connectivity index (χ0v) is 11.7. The van der Waals surface area contributed by atoms with Gasteiger partial charge in [0.25, 0.3) is 5.91 Å². The summed E-state index contributed by atoms with van der Waals surface area (Å²) in [6.45, 7) is 0.568. The molecule has 2 rings (SSSR count). The molecule has 0 radical (unpaired) electrons. The number of nitrogens with zero attached hydrogens (tertiary/aromatic N) is 4. The molecule has 1 N–H and O–H groups in total. The molecule has 8 heteroatoms. The summed E-state index contributed by atoms with van der Waals surface area (Å²) in [5, 5.41) is 6.53. The minimum absolute atomic E-state index is 0.00303. The standard InChI is InChI=1S/C12H19N5O3/c1-16-8-13-12(15-16)14-10(18)7-17-6-4-3-5-9(20-2)11(17)19/h8-9H,3-7H2,1-2H3,(H,14,15,18). The van der Waals surface area contributed by atoms with Gasteiger partial charge in [-0.05, 0) is 19.3 Å². The van der Waals surface area contributed by atoms with Gasteiger partial charge in [0, 0.05) is 20.7 Å². The molecule has 0 bridgehead atoms. The number of likely N-dealkylation sites (tertiary alicyclic amines) is 1. The summed E-state index contributed by atoms with van der Waals surface area (Å²) < 4.78 is 6.66. The molecule has 8 nitrogen and oxygen atoms in total. The second-order valence-corrected chi connectivity index (χ2v) is 4.77. The molecule has 0 aromatic carbocycles. The van der Waals surface area contributed by atoms with Crippen molar-refractivity contribution in [1.82, 2.24) is 19.7 Å². The summed E-state index contributed by atoms with van der Waals surface area (Å²) in [7, 11) is 3.23. The fourth-order valence-electron chi connectivity index (χ4n) is 2.18. The average molecular weight is 281 g/mol. The molecule has 20 heavy (non-hydrogen) atoms. The largest absolute Gasteiger partial charge is 0.372 e. The lowest BCUT2D eigenvalue weighted by atomic mass is 10.2. The third-order valence-electron chi connectivity index (χ3n) is 3.20. The smallest absolute Gasteiger partial charge is 0.252 e. The molecule has 1 aromatic heterocycles. The average Bonchev–Trinajstić information content (AvgIpc) is 2.73. The summed E-state index contributed by atoms with van der Waals surface area (Å²) in [6, 6.07) is 0. The molecule has 1 aromatic rings. The molecule has 0 aliphatic carbocycles. The minimum Gasteiger partial charge on any atom is -0.372 e. The predicted octanol–water partition coefficient (Wildman–Crippen LogP) is -0.219. The Labute approximate surface area is 117 Å². The van der Waals surface area contributed by atoms with Crippen LogP contribution in [-0.4, -0.2) is 57.8 Å². The third kappa shape index (κ3) is 3.53. The van der Waals surface area contributed by atoms with Crippen LogP contribution in [-0.2, 0) is 21.4 Å². The fraction of sp³-hybridized carbons (Fsp3) is 0.667. The van der Waals surface area contributed by atoms with Crippen molar-refractivity contribution in [2.75, 3.05) is 25.5 Å². The van der Waals surface area contributed by atoms with E-state index in [4.69, 9.17) is 4.74 Å². The van der Waals surface area contributed by atoms with Gasteiger partial charge in [-0.3, -0.25) is 19.6 Å². The van der Waals surface area contributed by atoms with Gasteiger partial charge in [0.15, 0.2) is 0 Å². The van der Waals surface area contributed by atoms with E-state index in [1.165, 1.54) is 23.0 Å². The first kappa shape index (κ1) is 14.4. The van der Waals surface area contributed by atoms with Crippen LogP contribution in [0.4, 0.5) is 5.95 Å². The Morgan fingerprint density at radius 3 is 3.00 bits per heavy atom. The van der Waals surface area contributed by atoms with Crippen molar-refractivity contribution in [3.63, 3.8) is 0 Å². The lowest BCUT2D eigenvalue weighted by molar-refractivity contribution is -0.143. The normalized spacial score (nSPS) is 19.8. The van der Waals surface area contributed by atoms with Crippen LogP contribution in [0.2, 0.25) is 0 Å². The van der Waals surface area contributed by atoms with Gasteiger partial charge in [-0.15, -0.1) is 5.10 Å². The minimum atomic E-state index is -0.446. The Morgan fingerprint density at radius 1 is 1.55 bits per heavy atom. The summed E-state index contributed by atoms with van der Waals surface area (Å²) in [6.07, 6.45) is 3.55. The Hall–Kier alpha value is -1.96. The Bertz CT molecular complexity index is 487. The van der Waals surface area contributed by atoms with Crippen LogP contribution in [0, 0.1) is 0 Å². The van der Waals surface area contributed by atoms with Gasteiger partial charge in [-0.1, -0.05) is 0 Å². The zero-order valence-electron chi connectivity index (χ0n) is 11.7. The van der Waals surface area contributed by atoms with Gasteiger partial charge in [0.1, 0.15) is 19.0 Å². The maximum Gasteiger partial charge on any atom is 0.252 e. The Morgan fingerprint density at radius 2 is 2.35 bits per heavy atom. The van der Waals surface area contributed by atoms with Crippen LogP contribution in [0.5, 0.6) is 0 Å². The number of amides is 2. The predicted molar refractivity (Wildman–Crippen MR) is 70.9 cm³/mol. The number of ether oxygens (including phenoxy) is 1. The molecule has 1 saturated heterocycles. The van der Waals surface area contributed by atoms with E-state index in [9.17, 15) is 9.59 Å². The second-order valence-electron chi connectivity index (χ2n) is 4.77. The van der Waals surface area contributed by atoms with E-state index in [0.29, 0.717) is 13.0 Å². The van der Waals surface area contributed by atoms with Crippen LogP contribution in [0.3, 0.4) is 0 Å². The van der Waals surface area contributed by atoms with E-state index in [1.807, 2.05) is 0 Å². The number of aromatic nitrogens is 3. The van der Waals surface area contributed by atoms with Gasteiger partial charge in [0.2, 0.25) is 11.9 Å². The number of carbonyl (C=O) groups excluding carboxylic acids is 2. The molecule has 0 saturated carbocycles. The maximum atomic E-state index is 12.2. The van der Waals surface area contributed by atoms with Crippen LogP contribution >= 0.6 is 0 Å². The Kier molecular flexibility index (Phi) is 4.67. The number of hydrogen-bond donors (Lipinski definition) is 1. The molecule has 110 valence electrons. The number of methoxy groups -OCH3 is 1. The maximum absolute atomic E-state index is 12.2. The van der Waals surface area contributed by atoms with Gasteiger partial charge in [-0.2, -0.15) is 0 Å². The van der Waals surface area contributed by atoms with Crippen LogP contribution < -0.4 is 5.32 Å². The van der Waals surface area contributed by atoms with Gasteiger partial charge in [0.05, 0.1) is 0 Å². The highest BCUT2D eigenvalue weighted by atomic mass is 16.5. The van der Waals surface area contributed by atoms with Crippen LogP contribution in [0.25, 0.3) is 0 Å². The number of rotatable bonds is 4. The monoisotopic (exact) mass is 281 g/mol. The topological polar surface area (TPSA) is 89.3 Å². The second kappa shape index (κ2) is 6.47. The van der Waals surface area contributed by atoms with E-state index >= 15 is 0 Å².